The lowest BCUT2D eigenvalue weighted by Gasteiger charge is -2.52. The van der Waals surface area contributed by atoms with Crippen LogP contribution in [-0.4, -0.2) is 31.0 Å². The molecule has 3 aromatic rings. The Labute approximate surface area is 240 Å². The predicted octanol–water partition coefficient (Wildman–Crippen LogP) is 7.81. The highest BCUT2D eigenvalue weighted by molar-refractivity contribution is 5.97. The minimum Gasteiger partial charge on any atom is -0.496 e. The number of ether oxygens (including phenoxy) is 1. The van der Waals surface area contributed by atoms with Crippen LogP contribution in [-0.2, 0) is 6.42 Å². The number of carbonyl (C=O) groups is 1. The summed E-state index contributed by atoms with van der Waals surface area (Å²) in [7, 11) is 1.64. The maximum atomic E-state index is 13.3. The first kappa shape index (κ1) is 28.0. The fraction of sp³-hybridized carbons (Fsp3) is 0.417. The summed E-state index contributed by atoms with van der Waals surface area (Å²) in [5.41, 5.74) is 5.76. The molecule has 2 fully saturated rings. The largest absolute Gasteiger partial charge is 0.496 e. The van der Waals surface area contributed by atoms with Gasteiger partial charge in [0.2, 0.25) is 0 Å². The number of piperidine rings is 1. The van der Waals surface area contributed by atoms with Gasteiger partial charge in [-0.2, -0.15) is 0 Å². The molecule has 1 aliphatic heterocycles. The van der Waals surface area contributed by atoms with Crippen molar-refractivity contribution in [3.63, 3.8) is 0 Å². The highest BCUT2D eigenvalue weighted by Gasteiger charge is 2.46. The predicted molar refractivity (Wildman–Crippen MR) is 164 cm³/mol. The number of nitrogens with zero attached hydrogens (tertiary/aromatic N) is 1. The molecular formula is C36H44N2O2. The van der Waals surface area contributed by atoms with Crippen LogP contribution in [0, 0.1) is 25.2 Å². The zero-order valence-corrected chi connectivity index (χ0v) is 24.4. The fourth-order valence-electron chi connectivity index (χ4n) is 7.44. The zero-order valence-electron chi connectivity index (χ0n) is 24.4. The van der Waals surface area contributed by atoms with E-state index in [1.165, 1.54) is 36.8 Å². The Bertz CT molecular complexity index is 1310. The lowest BCUT2D eigenvalue weighted by molar-refractivity contribution is 0.0257. The Morgan fingerprint density at radius 3 is 2.27 bits per heavy atom. The van der Waals surface area contributed by atoms with Crippen LogP contribution in [0.2, 0.25) is 0 Å². The van der Waals surface area contributed by atoms with Crippen LogP contribution in [0.25, 0.3) is 0 Å². The molecule has 1 heterocycles. The first-order chi connectivity index (χ1) is 19.4. The topological polar surface area (TPSA) is 41.6 Å². The van der Waals surface area contributed by atoms with Crippen molar-refractivity contribution in [2.24, 2.45) is 11.3 Å². The summed E-state index contributed by atoms with van der Waals surface area (Å²) in [6.45, 7) is 10.1. The quantitative estimate of drug-likeness (QED) is 0.319. The molecule has 210 valence electrons. The molecule has 1 N–H and O–H groups in total. The summed E-state index contributed by atoms with van der Waals surface area (Å²) in [6, 6.07) is 26.1. The van der Waals surface area contributed by atoms with E-state index >= 15 is 0 Å². The standard InChI is InChI=1S/C36H44N2O2/c1-26-23-27(2)34(40-4)24-32(26)35(39)37-28(3)38-21-19-36(20-22-38,25-29-13-7-5-8-14-29)33-18-12-11-17-31(33)30-15-9-6-10-16-30/h5-10,13-16,23-24,31,33H,3,11-12,17-22,25H2,1-2,4H3,(H,37,39). The molecule has 4 nitrogen and oxygen atoms in total. The highest BCUT2D eigenvalue weighted by atomic mass is 16.5. The molecule has 1 aliphatic carbocycles. The molecule has 2 unspecified atom stereocenters. The Hall–Kier alpha value is -3.53. The molecule has 2 atom stereocenters. The zero-order chi connectivity index (χ0) is 28.1. The average Bonchev–Trinajstić information content (AvgIpc) is 2.98. The van der Waals surface area contributed by atoms with E-state index in [0.717, 1.165) is 49.2 Å². The van der Waals surface area contributed by atoms with E-state index in [2.05, 4.69) is 77.5 Å². The summed E-state index contributed by atoms with van der Waals surface area (Å²) < 4.78 is 5.47. The lowest BCUT2D eigenvalue weighted by Crippen LogP contribution is -2.49. The van der Waals surface area contributed by atoms with E-state index in [1.807, 2.05) is 26.0 Å². The van der Waals surface area contributed by atoms with Gasteiger partial charge >= 0.3 is 0 Å². The van der Waals surface area contributed by atoms with Gasteiger partial charge in [-0.25, -0.2) is 0 Å². The maximum absolute atomic E-state index is 13.3. The number of nitrogens with one attached hydrogen (secondary N) is 1. The van der Waals surface area contributed by atoms with Crippen molar-refractivity contribution in [3.05, 3.63) is 113 Å². The second kappa shape index (κ2) is 12.3. The Morgan fingerprint density at radius 1 is 0.950 bits per heavy atom. The molecule has 1 saturated heterocycles. The van der Waals surface area contributed by atoms with Crippen LogP contribution in [0.15, 0.2) is 85.2 Å². The molecule has 40 heavy (non-hydrogen) atoms. The fourth-order valence-corrected chi connectivity index (χ4v) is 7.44. The van der Waals surface area contributed by atoms with Crippen LogP contribution < -0.4 is 10.1 Å². The van der Waals surface area contributed by atoms with Crippen molar-refractivity contribution in [3.8, 4) is 5.75 Å². The molecule has 1 saturated carbocycles. The second-order valence-electron chi connectivity index (χ2n) is 12.0. The van der Waals surface area contributed by atoms with Gasteiger partial charge in [0.1, 0.15) is 11.6 Å². The monoisotopic (exact) mass is 536 g/mol. The summed E-state index contributed by atoms with van der Waals surface area (Å²) in [5, 5.41) is 3.11. The molecule has 0 spiro atoms. The van der Waals surface area contributed by atoms with Crippen molar-refractivity contribution in [2.45, 2.75) is 64.7 Å². The van der Waals surface area contributed by atoms with Crippen molar-refractivity contribution >= 4 is 5.91 Å². The molecular weight excluding hydrogens is 492 g/mol. The Morgan fingerprint density at radius 2 is 1.60 bits per heavy atom. The van der Waals surface area contributed by atoms with Gasteiger partial charge in [-0.3, -0.25) is 4.79 Å². The van der Waals surface area contributed by atoms with Crippen LogP contribution in [0.5, 0.6) is 5.75 Å². The SMILES string of the molecule is C=C(NC(=O)c1cc(OC)c(C)cc1C)N1CCC(Cc2ccccc2)(C2CCCCC2c2ccccc2)CC1. The third kappa shape index (κ3) is 5.96. The van der Waals surface area contributed by atoms with Gasteiger partial charge in [-0.15, -0.1) is 0 Å². The van der Waals surface area contributed by atoms with Crippen LogP contribution in [0.4, 0.5) is 0 Å². The van der Waals surface area contributed by atoms with Gasteiger partial charge in [0.25, 0.3) is 5.91 Å². The first-order valence-electron chi connectivity index (χ1n) is 14.9. The lowest BCUT2D eigenvalue weighted by atomic mass is 9.56. The van der Waals surface area contributed by atoms with Crippen molar-refractivity contribution < 1.29 is 9.53 Å². The van der Waals surface area contributed by atoms with Gasteiger partial charge < -0.3 is 15.0 Å². The summed E-state index contributed by atoms with van der Waals surface area (Å²) in [6.07, 6.45) is 8.50. The smallest absolute Gasteiger partial charge is 0.257 e. The third-order valence-electron chi connectivity index (χ3n) is 9.56. The number of hydrogen-bond donors (Lipinski definition) is 1. The summed E-state index contributed by atoms with van der Waals surface area (Å²) in [4.78, 5) is 15.5. The van der Waals surface area contributed by atoms with Crippen molar-refractivity contribution in [2.75, 3.05) is 20.2 Å². The van der Waals surface area contributed by atoms with Gasteiger partial charge in [0, 0.05) is 18.7 Å². The summed E-state index contributed by atoms with van der Waals surface area (Å²) in [5.74, 6) is 2.55. The normalized spacial score (nSPS) is 20.5. The van der Waals surface area contributed by atoms with Gasteiger partial charge in [-0.1, -0.05) is 86.2 Å². The molecule has 1 amide bonds. The van der Waals surface area contributed by atoms with E-state index in [1.54, 1.807) is 7.11 Å². The maximum Gasteiger partial charge on any atom is 0.257 e. The highest BCUT2D eigenvalue weighted by Crippen LogP contribution is 2.53. The van der Waals surface area contributed by atoms with Crippen molar-refractivity contribution in [1.29, 1.82) is 0 Å². The van der Waals surface area contributed by atoms with E-state index in [-0.39, 0.29) is 11.3 Å². The third-order valence-corrected chi connectivity index (χ3v) is 9.56. The van der Waals surface area contributed by atoms with E-state index in [0.29, 0.717) is 23.2 Å². The average molecular weight is 537 g/mol. The number of carbonyl (C=O) groups excluding carboxylic acids is 1. The summed E-state index contributed by atoms with van der Waals surface area (Å²) >= 11 is 0. The molecule has 5 rings (SSSR count). The number of benzene rings is 3. The molecule has 2 aliphatic rings. The first-order valence-corrected chi connectivity index (χ1v) is 14.9. The molecule has 3 aromatic carbocycles. The number of hydrogen-bond acceptors (Lipinski definition) is 3. The van der Waals surface area contributed by atoms with Gasteiger partial charge in [0.05, 0.1) is 7.11 Å². The molecule has 0 aromatic heterocycles. The number of rotatable bonds is 8. The number of aryl methyl sites for hydroxylation is 2. The van der Waals surface area contributed by atoms with E-state index in [9.17, 15) is 4.79 Å². The van der Waals surface area contributed by atoms with Crippen LogP contribution >= 0.6 is 0 Å². The number of likely N-dealkylation sites (tertiary alicyclic amines) is 1. The van der Waals surface area contributed by atoms with Crippen molar-refractivity contribution in [1.82, 2.24) is 10.2 Å². The van der Waals surface area contributed by atoms with E-state index < -0.39 is 0 Å². The van der Waals surface area contributed by atoms with Gasteiger partial charge in [-0.05, 0) is 91.5 Å². The van der Waals surface area contributed by atoms with Crippen LogP contribution in [0.3, 0.4) is 0 Å². The Kier molecular flexibility index (Phi) is 8.63. The second-order valence-corrected chi connectivity index (χ2v) is 12.0. The Balaban J connectivity index is 1.34. The molecule has 0 radical (unpaired) electrons. The van der Waals surface area contributed by atoms with Gasteiger partial charge in [0.15, 0.2) is 0 Å². The van der Waals surface area contributed by atoms with E-state index in [4.69, 9.17) is 4.74 Å². The molecule has 4 heteroatoms. The number of methoxy groups -OCH3 is 1. The molecule has 0 bridgehead atoms. The number of amides is 1. The minimum atomic E-state index is -0.127. The van der Waals surface area contributed by atoms with Crippen LogP contribution in [0.1, 0.15) is 77.1 Å². The minimum absolute atomic E-state index is 0.127.